The lowest BCUT2D eigenvalue weighted by Crippen LogP contribution is -2.36. The smallest absolute Gasteiger partial charge is 0.453 e. The van der Waals surface area contributed by atoms with Crippen molar-refractivity contribution in [3.63, 3.8) is 0 Å². The third kappa shape index (κ3) is 4.64. The Hall–Kier alpha value is -2.26. The van der Waals surface area contributed by atoms with Crippen LogP contribution < -0.4 is 0 Å². The van der Waals surface area contributed by atoms with E-state index in [0.717, 1.165) is 12.1 Å². The Kier molecular flexibility index (Phi) is 5.39. The predicted molar refractivity (Wildman–Crippen MR) is 63.6 cm³/mol. The monoisotopic (exact) mass is 327 g/mol. The summed E-state index contributed by atoms with van der Waals surface area (Å²) in [4.78, 5) is 21.2. The van der Waals surface area contributed by atoms with E-state index < -0.39 is 42.4 Å². The molecule has 1 aromatic rings. The molecule has 122 valence electrons. The Labute approximate surface area is 120 Å². The van der Waals surface area contributed by atoms with Gasteiger partial charge < -0.3 is 4.74 Å². The number of non-ortho nitro benzene ring substituents is 1. The molecule has 0 fully saturated rings. The molecule has 0 bridgehead atoms. The van der Waals surface area contributed by atoms with Gasteiger partial charge in [-0.2, -0.15) is 22.0 Å². The number of ether oxygens (including phenoxy) is 1. The van der Waals surface area contributed by atoms with E-state index in [9.17, 15) is 36.9 Å². The van der Waals surface area contributed by atoms with Crippen LogP contribution in [0.5, 0.6) is 0 Å². The van der Waals surface area contributed by atoms with Crippen LogP contribution in [0.25, 0.3) is 0 Å². The first-order valence-electron chi connectivity index (χ1n) is 5.91. The van der Waals surface area contributed by atoms with Crippen molar-refractivity contribution in [1.29, 1.82) is 0 Å². The third-order valence-corrected chi connectivity index (χ3v) is 2.58. The molecule has 0 unspecified atom stereocenters. The number of nitro benzene ring substituents is 1. The highest BCUT2D eigenvalue weighted by atomic mass is 19.4. The van der Waals surface area contributed by atoms with Crippen LogP contribution in [-0.4, -0.2) is 29.6 Å². The molecule has 1 aromatic carbocycles. The molecule has 0 atom stereocenters. The Morgan fingerprint density at radius 1 is 1.23 bits per heavy atom. The Balaban J connectivity index is 2.51. The number of alkyl halides is 5. The van der Waals surface area contributed by atoms with Crippen molar-refractivity contribution >= 4 is 11.7 Å². The van der Waals surface area contributed by atoms with Crippen LogP contribution in [-0.2, 0) is 4.74 Å². The Bertz CT molecular complexity index is 559. The molecule has 0 spiro atoms. The second-order valence-corrected chi connectivity index (χ2v) is 4.25. The lowest BCUT2D eigenvalue weighted by molar-refractivity contribution is -0.384. The zero-order chi connectivity index (χ0) is 17.0. The molecule has 5 nitrogen and oxygen atoms in total. The van der Waals surface area contributed by atoms with E-state index in [1.54, 1.807) is 0 Å². The van der Waals surface area contributed by atoms with E-state index in [-0.39, 0.29) is 11.3 Å². The van der Waals surface area contributed by atoms with Crippen molar-refractivity contribution < 1.29 is 36.4 Å². The van der Waals surface area contributed by atoms with Crippen molar-refractivity contribution in [2.75, 3.05) is 6.61 Å². The van der Waals surface area contributed by atoms with Crippen molar-refractivity contribution in [2.24, 2.45) is 0 Å². The van der Waals surface area contributed by atoms with Crippen LogP contribution in [0.2, 0.25) is 0 Å². The molecule has 0 aromatic heterocycles. The highest BCUT2D eigenvalue weighted by Crippen LogP contribution is 2.38. The maximum atomic E-state index is 12.6. The van der Waals surface area contributed by atoms with Gasteiger partial charge in [0.1, 0.15) is 0 Å². The van der Waals surface area contributed by atoms with Gasteiger partial charge in [-0.25, -0.2) is 4.79 Å². The molecule has 22 heavy (non-hydrogen) atoms. The fourth-order valence-electron chi connectivity index (χ4n) is 1.43. The van der Waals surface area contributed by atoms with Crippen molar-refractivity contribution in [1.82, 2.24) is 0 Å². The number of esters is 1. The minimum Gasteiger partial charge on any atom is -0.462 e. The molecular formula is C12H10F5NO4. The average molecular weight is 327 g/mol. The standard InChI is InChI=1S/C12H10F5NO4/c13-11(14,12(15,16)17)5-2-6-22-10(19)8-3-1-4-9(7-8)18(20)21/h1,3-4,7H,2,5-6H2. The summed E-state index contributed by atoms with van der Waals surface area (Å²) in [6, 6.07) is 4.44. The number of nitro groups is 1. The number of carbonyl (C=O) groups excluding carboxylic acids is 1. The minimum absolute atomic E-state index is 0.197. The number of hydrogen-bond donors (Lipinski definition) is 0. The number of carbonyl (C=O) groups is 1. The van der Waals surface area contributed by atoms with Crippen molar-refractivity contribution in [3.05, 3.63) is 39.9 Å². The summed E-state index contributed by atoms with van der Waals surface area (Å²) in [7, 11) is 0. The van der Waals surface area contributed by atoms with Crippen molar-refractivity contribution in [2.45, 2.75) is 24.9 Å². The van der Waals surface area contributed by atoms with Crippen LogP contribution in [0.15, 0.2) is 24.3 Å². The van der Waals surface area contributed by atoms with Crippen LogP contribution >= 0.6 is 0 Å². The summed E-state index contributed by atoms with van der Waals surface area (Å²) in [5.74, 6) is -5.90. The molecule has 0 N–H and O–H groups in total. The quantitative estimate of drug-likeness (QED) is 0.262. The minimum atomic E-state index is -5.66. The van der Waals surface area contributed by atoms with Crippen LogP contribution in [0, 0.1) is 10.1 Å². The summed E-state index contributed by atoms with van der Waals surface area (Å²) < 4.78 is 65.3. The van der Waals surface area contributed by atoms with Crippen LogP contribution in [0.1, 0.15) is 23.2 Å². The fourth-order valence-corrected chi connectivity index (χ4v) is 1.43. The van der Waals surface area contributed by atoms with Gasteiger partial charge in [-0.05, 0) is 12.5 Å². The molecule has 0 saturated heterocycles. The maximum Gasteiger partial charge on any atom is 0.453 e. The normalized spacial score (nSPS) is 12.0. The number of benzene rings is 1. The highest BCUT2D eigenvalue weighted by molar-refractivity contribution is 5.90. The van der Waals surface area contributed by atoms with E-state index in [4.69, 9.17) is 0 Å². The lowest BCUT2D eigenvalue weighted by atomic mass is 10.2. The molecule has 0 aliphatic carbocycles. The first kappa shape index (κ1) is 17.8. The van der Waals surface area contributed by atoms with E-state index in [2.05, 4.69) is 4.74 Å². The van der Waals surface area contributed by atoms with E-state index in [1.165, 1.54) is 12.1 Å². The third-order valence-electron chi connectivity index (χ3n) is 2.58. The number of hydrogen-bond acceptors (Lipinski definition) is 4. The van der Waals surface area contributed by atoms with E-state index in [0.29, 0.717) is 0 Å². The summed E-state index contributed by atoms with van der Waals surface area (Å²) >= 11 is 0. The molecule has 0 aliphatic heterocycles. The molecule has 0 radical (unpaired) electrons. The first-order chi connectivity index (χ1) is 10.0. The molecule has 0 aliphatic rings. The van der Waals surface area contributed by atoms with Crippen molar-refractivity contribution in [3.8, 4) is 0 Å². The summed E-state index contributed by atoms with van der Waals surface area (Å²) in [6.45, 7) is -0.660. The molecule has 0 saturated carbocycles. The number of halogens is 5. The van der Waals surface area contributed by atoms with Gasteiger partial charge in [0.2, 0.25) is 0 Å². The summed E-state index contributed by atoms with van der Waals surface area (Å²) in [5, 5.41) is 10.5. The van der Waals surface area contributed by atoms with Gasteiger partial charge in [0.25, 0.3) is 5.69 Å². The zero-order valence-corrected chi connectivity index (χ0v) is 10.9. The second-order valence-electron chi connectivity index (χ2n) is 4.25. The fraction of sp³-hybridized carbons (Fsp3) is 0.417. The second kappa shape index (κ2) is 6.67. The zero-order valence-electron chi connectivity index (χ0n) is 10.9. The summed E-state index contributed by atoms with van der Waals surface area (Å²) in [6.07, 6.45) is -7.87. The highest BCUT2D eigenvalue weighted by Gasteiger charge is 2.56. The van der Waals surface area contributed by atoms with Gasteiger partial charge in [-0.3, -0.25) is 10.1 Å². The molecule has 0 heterocycles. The summed E-state index contributed by atoms with van der Waals surface area (Å²) in [5.41, 5.74) is -0.574. The molecule has 0 amide bonds. The van der Waals surface area contributed by atoms with Gasteiger partial charge in [-0.15, -0.1) is 0 Å². The SMILES string of the molecule is O=C(OCCCC(F)(F)C(F)(F)F)c1cccc([N+](=O)[O-])c1. The lowest BCUT2D eigenvalue weighted by Gasteiger charge is -2.19. The van der Waals surface area contributed by atoms with Gasteiger partial charge in [0.05, 0.1) is 17.1 Å². The van der Waals surface area contributed by atoms with E-state index in [1.807, 2.05) is 0 Å². The largest absolute Gasteiger partial charge is 0.462 e. The maximum absolute atomic E-state index is 12.6. The molecule has 10 heteroatoms. The Morgan fingerprint density at radius 3 is 2.41 bits per heavy atom. The molecule has 1 rings (SSSR count). The first-order valence-corrected chi connectivity index (χ1v) is 5.91. The molecular weight excluding hydrogens is 317 g/mol. The topological polar surface area (TPSA) is 69.4 Å². The van der Waals surface area contributed by atoms with Gasteiger partial charge >= 0.3 is 18.1 Å². The van der Waals surface area contributed by atoms with Crippen LogP contribution in [0.3, 0.4) is 0 Å². The van der Waals surface area contributed by atoms with Crippen LogP contribution in [0.4, 0.5) is 27.6 Å². The predicted octanol–water partition coefficient (Wildman–Crippen LogP) is 3.73. The average Bonchev–Trinajstić information content (AvgIpc) is 2.42. The number of nitrogens with zero attached hydrogens (tertiary/aromatic N) is 1. The Morgan fingerprint density at radius 2 is 1.86 bits per heavy atom. The van der Waals surface area contributed by atoms with E-state index >= 15 is 0 Å². The van der Waals surface area contributed by atoms with Gasteiger partial charge in [-0.1, -0.05) is 6.07 Å². The van der Waals surface area contributed by atoms with Gasteiger partial charge in [0, 0.05) is 18.6 Å². The number of rotatable bonds is 6. The van der Waals surface area contributed by atoms with Gasteiger partial charge in [0.15, 0.2) is 0 Å².